The van der Waals surface area contributed by atoms with E-state index in [1.807, 2.05) is 29.2 Å². The molecule has 148 valence electrons. The minimum absolute atomic E-state index is 0.0177. The van der Waals surface area contributed by atoms with Crippen molar-refractivity contribution < 1.29 is 19.4 Å². The molecule has 3 rings (SSSR count). The number of nitrogens with one attached hydrogen (secondary N) is 1. The molecule has 2 N–H and O–H groups in total. The fourth-order valence-corrected chi connectivity index (χ4v) is 3.84. The van der Waals surface area contributed by atoms with Gasteiger partial charge in [0.1, 0.15) is 5.75 Å². The van der Waals surface area contributed by atoms with E-state index < -0.39 is 6.04 Å². The summed E-state index contributed by atoms with van der Waals surface area (Å²) in [5.74, 6) is 1.01. The highest BCUT2D eigenvalue weighted by molar-refractivity contribution is 5.88. The summed E-state index contributed by atoms with van der Waals surface area (Å²) in [6, 6.07) is 7.35. The second-order valence-corrected chi connectivity index (χ2v) is 7.34. The summed E-state index contributed by atoms with van der Waals surface area (Å²) in [4.78, 5) is 29.1. The lowest BCUT2D eigenvalue weighted by Gasteiger charge is -2.37. The van der Waals surface area contributed by atoms with E-state index in [1.165, 1.54) is 0 Å². The van der Waals surface area contributed by atoms with E-state index in [0.717, 1.165) is 24.2 Å². The van der Waals surface area contributed by atoms with Crippen LogP contribution in [0.3, 0.4) is 0 Å². The first-order valence-corrected chi connectivity index (χ1v) is 9.64. The Bertz CT molecular complexity index is 658. The number of ether oxygens (including phenoxy) is 1. The molecule has 2 saturated heterocycles. The molecule has 7 nitrogen and oxygen atoms in total. The van der Waals surface area contributed by atoms with Crippen molar-refractivity contribution in [2.45, 2.75) is 31.8 Å². The van der Waals surface area contributed by atoms with Crippen LogP contribution in [0.2, 0.25) is 0 Å². The number of nitrogens with zero attached hydrogens (tertiary/aromatic N) is 2. The number of carbonyl (C=O) groups excluding carboxylic acids is 2. The van der Waals surface area contributed by atoms with Gasteiger partial charge in [-0.15, -0.1) is 0 Å². The molecule has 0 unspecified atom stereocenters. The molecule has 0 aliphatic carbocycles. The average molecular weight is 375 g/mol. The number of piperazine rings is 1. The molecule has 1 atom stereocenters. The predicted octanol–water partition coefficient (Wildman–Crippen LogP) is 0.617. The first-order valence-electron chi connectivity index (χ1n) is 9.64. The Morgan fingerprint density at radius 3 is 2.78 bits per heavy atom. The summed E-state index contributed by atoms with van der Waals surface area (Å²) in [5, 5.41) is 12.1. The molecular formula is C20H29N3O4. The largest absolute Gasteiger partial charge is 0.497 e. The van der Waals surface area contributed by atoms with Crippen LogP contribution in [0.5, 0.6) is 5.75 Å². The van der Waals surface area contributed by atoms with E-state index >= 15 is 0 Å². The van der Waals surface area contributed by atoms with Crippen LogP contribution in [0.15, 0.2) is 24.3 Å². The summed E-state index contributed by atoms with van der Waals surface area (Å²) in [6.45, 7) is 3.42. The number of hydrogen-bond acceptors (Lipinski definition) is 5. The maximum absolute atomic E-state index is 12.7. The van der Waals surface area contributed by atoms with Gasteiger partial charge in [-0.25, -0.2) is 0 Å². The Kier molecular flexibility index (Phi) is 6.68. The molecule has 2 aliphatic rings. The van der Waals surface area contributed by atoms with Crippen LogP contribution in [0.4, 0.5) is 0 Å². The zero-order chi connectivity index (χ0) is 19.2. The summed E-state index contributed by atoms with van der Waals surface area (Å²) in [5.41, 5.74) is 1.06. The minimum atomic E-state index is -0.451. The lowest BCUT2D eigenvalue weighted by Crippen LogP contribution is -2.56. The molecule has 2 fully saturated rings. The number of piperidine rings is 1. The maximum atomic E-state index is 12.7. The highest BCUT2D eigenvalue weighted by Crippen LogP contribution is 2.21. The number of carbonyl (C=O) groups is 2. The summed E-state index contributed by atoms with van der Waals surface area (Å²) < 4.78 is 5.28. The van der Waals surface area contributed by atoms with Gasteiger partial charge >= 0.3 is 0 Å². The third kappa shape index (κ3) is 4.99. The number of methoxy groups -OCH3 is 1. The molecule has 0 radical (unpaired) electrons. The van der Waals surface area contributed by atoms with Gasteiger partial charge in [0.25, 0.3) is 0 Å². The molecule has 0 bridgehead atoms. The van der Waals surface area contributed by atoms with Crippen LogP contribution in [0, 0.1) is 5.92 Å². The second-order valence-electron chi connectivity index (χ2n) is 7.34. The standard InChI is InChI=1S/C20H29N3O4/c1-27-17-4-2-3-16(11-17)13-23-10-7-21-20(26)18(23)12-19(25)22-8-5-15(14-24)6-9-22/h2-4,11,15,18,24H,5-10,12-14H2,1H3,(H,21,26)/t18-/m0/s1. The summed E-state index contributed by atoms with van der Waals surface area (Å²) in [6.07, 6.45) is 1.85. The molecule has 27 heavy (non-hydrogen) atoms. The van der Waals surface area contributed by atoms with Crippen LogP contribution < -0.4 is 10.1 Å². The fraction of sp³-hybridized carbons (Fsp3) is 0.600. The van der Waals surface area contributed by atoms with Crippen molar-refractivity contribution in [3.63, 3.8) is 0 Å². The van der Waals surface area contributed by atoms with Gasteiger partial charge in [-0.1, -0.05) is 12.1 Å². The third-order valence-corrected chi connectivity index (χ3v) is 5.55. The Balaban J connectivity index is 1.63. The molecule has 0 aromatic heterocycles. The topological polar surface area (TPSA) is 82.1 Å². The van der Waals surface area contributed by atoms with Gasteiger partial charge in [-0.2, -0.15) is 0 Å². The normalized spacial score (nSPS) is 21.8. The number of hydrogen-bond donors (Lipinski definition) is 2. The first kappa shape index (κ1) is 19.6. The molecule has 0 saturated carbocycles. The first-order chi connectivity index (χ1) is 13.1. The molecule has 2 aliphatic heterocycles. The van der Waals surface area contributed by atoms with Crippen LogP contribution >= 0.6 is 0 Å². The van der Waals surface area contributed by atoms with E-state index in [0.29, 0.717) is 32.7 Å². The number of amides is 2. The Hall–Kier alpha value is -2.12. The SMILES string of the molecule is COc1cccc(CN2CCNC(=O)[C@@H]2CC(=O)N2CCC(CO)CC2)c1. The minimum Gasteiger partial charge on any atom is -0.497 e. The molecule has 1 aromatic rings. The number of aliphatic hydroxyl groups excluding tert-OH is 1. The monoisotopic (exact) mass is 375 g/mol. The Labute approximate surface area is 160 Å². The predicted molar refractivity (Wildman–Crippen MR) is 101 cm³/mol. The van der Waals surface area contributed by atoms with Crippen molar-refractivity contribution in [1.29, 1.82) is 0 Å². The third-order valence-electron chi connectivity index (χ3n) is 5.55. The van der Waals surface area contributed by atoms with Gasteiger partial charge in [0.2, 0.25) is 11.8 Å². The number of likely N-dealkylation sites (tertiary alicyclic amines) is 1. The fourth-order valence-electron chi connectivity index (χ4n) is 3.84. The van der Waals surface area contributed by atoms with Crippen molar-refractivity contribution in [3.05, 3.63) is 29.8 Å². The molecule has 2 heterocycles. The van der Waals surface area contributed by atoms with Crippen LogP contribution in [-0.2, 0) is 16.1 Å². The van der Waals surface area contributed by atoms with E-state index in [9.17, 15) is 14.7 Å². The zero-order valence-electron chi connectivity index (χ0n) is 15.9. The molecule has 0 spiro atoms. The van der Waals surface area contributed by atoms with Gasteiger partial charge in [0.15, 0.2) is 0 Å². The van der Waals surface area contributed by atoms with Gasteiger partial charge in [-0.05, 0) is 36.5 Å². The summed E-state index contributed by atoms with van der Waals surface area (Å²) in [7, 11) is 1.63. The van der Waals surface area contributed by atoms with Crippen molar-refractivity contribution in [3.8, 4) is 5.75 Å². The van der Waals surface area contributed by atoms with E-state index in [1.54, 1.807) is 7.11 Å². The van der Waals surface area contributed by atoms with E-state index in [-0.39, 0.29) is 30.8 Å². The highest BCUT2D eigenvalue weighted by Gasteiger charge is 2.33. The maximum Gasteiger partial charge on any atom is 0.237 e. The van der Waals surface area contributed by atoms with Crippen molar-refractivity contribution in [2.75, 3.05) is 39.9 Å². The number of aliphatic hydroxyl groups is 1. The second kappa shape index (κ2) is 9.19. The van der Waals surface area contributed by atoms with Gasteiger partial charge in [0.05, 0.1) is 19.6 Å². The quantitative estimate of drug-likeness (QED) is 0.762. The van der Waals surface area contributed by atoms with Crippen LogP contribution in [0.25, 0.3) is 0 Å². The van der Waals surface area contributed by atoms with Gasteiger partial charge in [0, 0.05) is 39.3 Å². The smallest absolute Gasteiger partial charge is 0.237 e. The highest BCUT2D eigenvalue weighted by atomic mass is 16.5. The van der Waals surface area contributed by atoms with Crippen molar-refractivity contribution in [2.24, 2.45) is 5.92 Å². The van der Waals surface area contributed by atoms with E-state index in [2.05, 4.69) is 10.2 Å². The Morgan fingerprint density at radius 2 is 2.07 bits per heavy atom. The molecular weight excluding hydrogens is 346 g/mol. The molecule has 1 aromatic carbocycles. The lowest BCUT2D eigenvalue weighted by molar-refractivity contribution is -0.140. The zero-order valence-corrected chi connectivity index (χ0v) is 15.9. The number of benzene rings is 1. The van der Waals surface area contributed by atoms with Crippen LogP contribution in [0.1, 0.15) is 24.8 Å². The number of rotatable bonds is 6. The molecule has 7 heteroatoms. The lowest BCUT2D eigenvalue weighted by atomic mass is 9.97. The van der Waals surface area contributed by atoms with Gasteiger partial charge < -0.3 is 20.1 Å². The summed E-state index contributed by atoms with van der Waals surface area (Å²) >= 11 is 0. The van der Waals surface area contributed by atoms with Crippen molar-refractivity contribution in [1.82, 2.24) is 15.1 Å². The van der Waals surface area contributed by atoms with Gasteiger partial charge in [-0.3, -0.25) is 14.5 Å². The van der Waals surface area contributed by atoms with Crippen LogP contribution in [-0.4, -0.2) is 72.7 Å². The van der Waals surface area contributed by atoms with E-state index in [4.69, 9.17) is 4.74 Å². The Morgan fingerprint density at radius 1 is 1.30 bits per heavy atom. The van der Waals surface area contributed by atoms with Crippen molar-refractivity contribution >= 4 is 11.8 Å². The molecule has 2 amide bonds. The average Bonchev–Trinajstić information content (AvgIpc) is 2.70.